The molecule has 0 spiro atoms. The Morgan fingerprint density at radius 1 is 0.900 bits per heavy atom. The fourth-order valence-electron chi connectivity index (χ4n) is 5.37. The first kappa shape index (κ1) is 21.0. The van der Waals surface area contributed by atoms with Crippen LogP contribution < -0.4 is 4.74 Å². The first-order valence-corrected chi connectivity index (χ1v) is 11.7. The van der Waals surface area contributed by atoms with E-state index in [1.165, 1.54) is 38.5 Å². The van der Waals surface area contributed by atoms with Crippen molar-refractivity contribution < 1.29 is 14.3 Å². The highest BCUT2D eigenvalue weighted by Gasteiger charge is 2.36. The molecule has 0 N–H and O–H groups in total. The number of esters is 1. The van der Waals surface area contributed by atoms with E-state index in [4.69, 9.17) is 9.47 Å². The summed E-state index contributed by atoms with van der Waals surface area (Å²) in [5.41, 5.74) is 1.73. The van der Waals surface area contributed by atoms with Gasteiger partial charge in [0, 0.05) is 0 Å². The molecular formula is C27H34O3. The van der Waals surface area contributed by atoms with Crippen molar-refractivity contribution in [1.29, 1.82) is 0 Å². The molecule has 2 aliphatic rings. The molecule has 2 fully saturated rings. The van der Waals surface area contributed by atoms with Crippen LogP contribution in [0.25, 0.3) is 0 Å². The Balaban J connectivity index is 1.25. The summed E-state index contributed by atoms with van der Waals surface area (Å²) in [7, 11) is 0. The average molecular weight is 407 g/mol. The highest BCUT2D eigenvalue weighted by atomic mass is 16.5. The summed E-state index contributed by atoms with van der Waals surface area (Å²) in [4.78, 5) is 12.6. The van der Waals surface area contributed by atoms with Gasteiger partial charge in [-0.25, -0.2) is 4.79 Å². The molecule has 0 saturated heterocycles. The summed E-state index contributed by atoms with van der Waals surface area (Å²) < 4.78 is 11.7. The van der Waals surface area contributed by atoms with Crippen LogP contribution >= 0.6 is 0 Å². The summed E-state index contributed by atoms with van der Waals surface area (Å²) >= 11 is 0. The lowest BCUT2D eigenvalue weighted by Crippen LogP contribution is -2.35. The van der Waals surface area contributed by atoms with E-state index < -0.39 is 0 Å². The van der Waals surface area contributed by atoms with E-state index in [0.717, 1.165) is 41.9 Å². The first-order chi connectivity index (χ1) is 14.7. The minimum absolute atomic E-state index is 0.0792. The topological polar surface area (TPSA) is 35.5 Å². The normalized spacial score (nSPS) is 25.9. The third kappa shape index (κ3) is 5.44. The minimum Gasteiger partial charge on any atom is -0.489 e. The molecule has 2 aliphatic carbocycles. The van der Waals surface area contributed by atoms with Crippen LogP contribution in [0, 0.1) is 17.8 Å². The summed E-state index contributed by atoms with van der Waals surface area (Å²) in [5.74, 6) is 3.09. The zero-order valence-electron chi connectivity index (χ0n) is 18.1. The average Bonchev–Trinajstić information content (AvgIpc) is 2.79. The quantitative estimate of drug-likeness (QED) is 0.474. The molecule has 2 saturated carbocycles. The van der Waals surface area contributed by atoms with Gasteiger partial charge < -0.3 is 9.47 Å². The lowest BCUT2D eigenvalue weighted by atomic mass is 9.66. The monoisotopic (exact) mass is 406 g/mol. The molecule has 0 aliphatic heterocycles. The maximum Gasteiger partial charge on any atom is 0.338 e. The number of hydrogen-bond donors (Lipinski definition) is 0. The molecule has 3 heteroatoms. The zero-order chi connectivity index (χ0) is 20.8. The van der Waals surface area contributed by atoms with Gasteiger partial charge in [-0.15, -0.1) is 0 Å². The predicted molar refractivity (Wildman–Crippen MR) is 119 cm³/mol. The lowest BCUT2D eigenvalue weighted by molar-refractivity contribution is -0.00620. The molecular weight excluding hydrogens is 372 g/mol. The second-order valence-electron chi connectivity index (χ2n) is 9.13. The Morgan fingerprint density at radius 2 is 1.63 bits per heavy atom. The van der Waals surface area contributed by atoms with Gasteiger partial charge in [-0.3, -0.25) is 0 Å². The van der Waals surface area contributed by atoms with Crippen molar-refractivity contribution in [3.63, 3.8) is 0 Å². The van der Waals surface area contributed by atoms with Gasteiger partial charge in [0.05, 0.1) is 5.56 Å². The van der Waals surface area contributed by atoms with E-state index in [1.54, 1.807) is 0 Å². The van der Waals surface area contributed by atoms with Crippen molar-refractivity contribution in [3.8, 4) is 5.75 Å². The van der Waals surface area contributed by atoms with Gasteiger partial charge in [-0.1, -0.05) is 56.5 Å². The Labute approximate surface area is 180 Å². The number of rotatable bonds is 7. The van der Waals surface area contributed by atoms with Gasteiger partial charge in [0.25, 0.3) is 0 Å². The lowest BCUT2D eigenvalue weighted by Gasteiger charge is -2.41. The van der Waals surface area contributed by atoms with Crippen LogP contribution in [0.1, 0.15) is 74.2 Å². The van der Waals surface area contributed by atoms with Gasteiger partial charge >= 0.3 is 5.97 Å². The van der Waals surface area contributed by atoms with Crippen LogP contribution in [0.3, 0.4) is 0 Å². The molecule has 0 bridgehead atoms. The first-order valence-electron chi connectivity index (χ1n) is 11.7. The van der Waals surface area contributed by atoms with Crippen molar-refractivity contribution in [3.05, 3.63) is 65.7 Å². The third-order valence-electron chi connectivity index (χ3n) is 6.98. The summed E-state index contributed by atoms with van der Waals surface area (Å²) in [6.45, 7) is 2.82. The van der Waals surface area contributed by atoms with Crippen molar-refractivity contribution in [2.24, 2.45) is 17.8 Å². The van der Waals surface area contributed by atoms with Crippen LogP contribution in [-0.4, -0.2) is 12.1 Å². The molecule has 30 heavy (non-hydrogen) atoms. The highest BCUT2D eigenvalue weighted by molar-refractivity contribution is 5.89. The van der Waals surface area contributed by atoms with E-state index in [9.17, 15) is 4.79 Å². The largest absolute Gasteiger partial charge is 0.489 e. The van der Waals surface area contributed by atoms with E-state index in [2.05, 4.69) is 6.92 Å². The maximum absolute atomic E-state index is 12.6. The van der Waals surface area contributed by atoms with Crippen LogP contribution in [0.15, 0.2) is 54.6 Å². The third-order valence-corrected chi connectivity index (χ3v) is 6.98. The molecule has 4 atom stereocenters. The zero-order valence-corrected chi connectivity index (χ0v) is 18.1. The number of ether oxygens (including phenoxy) is 2. The van der Waals surface area contributed by atoms with Gasteiger partial charge in [0.15, 0.2) is 0 Å². The number of carbonyl (C=O) groups is 1. The SMILES string of the molecule is CCC[C@H]1CC[C@@H]2C[C@H](OC(=O)c3ccc(OCc4ccccc4)cc3)CC[C@@H]2C1. The second kappa shape index (κ2) is 10.1. The van der Waals surface area contributed by atoms with Crippen LogP contribution in [-0.2, 0) is 11.3 Å². The molecule has 0 radical (unpaired) electrons. The highest BCUT2D eigenvalue weighted by Crippen LogP contribution is 2.44. The van der Waals surface area contributed by atoms with Gasteiger partial charge in [0.1, 0.15) is 18.5 Å². The molecule has 0 amide bonds. The summed E-state index contributed by atoms with van der Waals surface area (Å²) in [6.07, 6.45) is 10.1. The van der Waals surface area contributed by atoms with E-state index >= 15 is 0 Å². The van der Waals surface area contributed by atoms with Gasteiger partial charge in [0.2, 0.25) is 0 Å². The van der Waals surface area contributed by atoms with Crippen molar-refractivity contribution in [2.75, 3.05) is 0 Å². The predicted octanol–water partition coefficient (Wildman–Crippen LogP) is 6.81. The van der Waals surface area contributed by atoms with Gasteiger partial charge in [-0.05, 0) is 79.7 Å². The Morgan fingerprint density at radius 3 is 2.40 bits per heavy atom. The van der Waals surface area contributed by atoms with Gasteiger partial charge in [-0.2, -0.15) is 0 Å². The van der Waals surface area contributed by atoms with E-state index in [1.807, 2.05) is 54.6 Å². The van der Waals surface area contributed by atoms with Crippen molar-refractivity contribution in [1.82, 2.24) is 0 Å². The number of benzene rings is 2. The molecule has 160 valence electrons. The molecule has 4 rings (SSSR count). The summed E-state index contributed by atoms with van der Waals surface area (Å²) in [5, 5.41) is 0. The molecule has 3 nitrogen and oxygen atoms in total. The van der Waals surface area contributed by atoms with Crippen molar-refractivity contribution in [2.45, 2.75) is 71.0 Å². The van der Waals surface area contributed by atoms with Crippen LogP contribution in [0.2, 0.25) is 0 Å². The number of carbonyl (C=O) groups excluding carboxylic acids is 1. The molecule has 2 aromatic rings. The fourth-order valence-corrected chi connectivity index (χ4v) is 5.37. The number of fused-ring (bicyclic) bond motifs is 1. The Hall–Kier alpha value is -2.29. The molecule has 0 unspecified atom stereocenters. The molecule has 2 aromatic carbocycles. The second-order valence-corrected chi connectivity index (χ2v) is 9.13. The molecule has 0 heterocycles. The van der Waals surface area contributed by atoms with Crippen molar-refractivity contribution >= 4 is 5.97 Å². The van der Waals surface area contributed by atoms with E-state index in [0.29, 0.717) is 12.2 Å². The minimum atomic E-state index is -0.201. The van der Waals surface area contributed by atoms with Crippen LogP contribution in [0.4, 0.5) is 0 Å². The fraction of sp³-hybridized carbons (Fsp3) is 0.519. The van der Waals surface area contributed by atoms with Crippen LogP contribution in [0.5, 0.6) is 5.75 Å². The Kier molecular flexibility index (Phi) is 7.09. The number of hydrogen-bond acceptors (Lipinski definition) is 3. The summed E-state index contributed by atoms with van der Waals surface area (Å²) in [6, 6.07) is 17.4. The standard InChI is InChI=1S/C27H34O3/c1-2-6-20-9-10-24-18-26(16-13-23(24)17-20)30-27(28)22-11-14-25(15-12-22)29-19-21-7-4-3-5-8-21/h3-5,7-8,11-12,14-15,20,23-24,26H,2,6,9-10,13,16-19H2,1H3/t20-,23+,24+,26+/m0/s1. The molecule has 0 aromatic heterocycles. The van der Waals surface area contributed by atoms with E-state index in [-0.39, 0.29) is 12.1 Å². The maximum atomic E-state index is 12.6. The smallest absolute Gasteiger partial charge is 0.338 e. The Bertz CT molecular complexity index is 799.